The van der Waals surface area contributed by atoms with Crippen LogP contribution in [0.1, 0.15) is 6.92 Å². The van der Waals surface area contributed by atoms with E-state index >= 15 is 0 Å². The molecule has 1 N–H and O–H groups in total. The molecule has 1 aliphatic rings. The number of nitrogens with zero attached hydrogens (tertiary/aromatic N) is 1. The number of hydrogen-bond acceptors (Lipinski definition) is 6. The molecule has 1 heterocycles. The third-order valence-corrected chi connectivity index (χ3v) is 7.53. The third kappa shape index (κ3) is 4.65. The van der Waals surface area contributed by atoms with Crippen molar-refractivity contribution in [1.82, 2.24) is 0 Å². The monoisotopic (exact) mass is 504 g/mol. The highest BCUT2D eigenvalue weighted by atomic mass is 32.2. The van der Waals surface area contributed by atoms with E-state index in [1.807, 2.05) is 25.1 Å². The van der Waals surface area contributed by atoms with Gasteiger partial charge in [-0.3, -0.25) is 9.10 Å². The van der Waals surface area contributed by atoms with Crippen molar-refractivity contribution in [1.29, 1.82) is 0 Å². The predicted octanol–water partition coefficient (Wildman–Crippen LogP) is 4.80. The van der Waals surface area contributed by atoms with Crippen molar-refractivity contribution in [2.75, 3.05) is 29.6 Å². The number of nitrogens with one attached hydrogen (secondary N) is 1. The van der Waals surface area contributed by atoms with E-state index in [9.17, 15) is 13.2 Å². The summed E-state index contributed by atoms with van der Waals surface area (Å²) in [6.45, 7) is 2.02. The van der Waals surface area contributed by atoms with Crippen LogP contribution >= 0.6 is 0 Å². The number of fused-ring (bicyclic) bond motifs is 2. The fourth-order valence-electron chi connectivity index (χ4n) is 4.03. The molecule has 0 saturated carbocycles. The molecule has 36 heavy (non-hydrogen) atoms. The lowest BCUT2D eigenvalue weighted by Gasteiger charge is -2.25. The minimum absolute atomic E-state index is 0.0487. The molecule has 1 aliphatic heterocycles. The van der Waals surface area contributed by atoms with Gasteiger partial charge in [0.05, 0.1) is 17.2 Å². The molecule has 4 aromatic carbocycles. The van der Waals surface area contributed by atoms with Gasteiger partial charge in [0.1, 0.15) is 12.3 Å². The largest absolute Gasteiger partial charge is 0.494 e. The number of carbonyl (C=O) groups excluding carboxylic acids is 1. The number of carbonyl (C=O) groups is 1. The van der Waals surface area contributed by atoms with E-state index in [1.165, 1.54) is 0 Å². The van der Waals surface area contributed by atoms with Crippen LogP contribution in [0, 0.1) is 0 Å². The van der Waals surface area contributed by atoms with E-state index in [4.69, 9.17) is 14.2 Å². The number of anilines is 2. The van der Waals surface area contributed by atoms with Crippen LogP contribution in [0.2, 0.25) is 0 Å². The van der Waals surface area contributed by atoms with Crippen LogP contribution in [0.5, 0.6) is 17.2 Å². The Morgan fingerprint density at radius 2 is 1.69 bits per heavy atom. The second kappa shape index (κ2) is 9.79. The van der Waals surface area contributed by atoms with E-state index in [-0.39, 0.29) is 17.4 Å². The lowest BCUT2D eigenvalue weighted by Crippen LogP contribution is -2.38. The molecule has 0 atom stereocenters. The maximum atomic E-state index is 14.0. The van der Waals surface area contributed by atoms with Crippen LogP contribution in [-0.2, 0) is 14.8 Å². The molecule has 0 unspecified atom stereocenters. The Hall–Kier alpha value is -4.24. The van der Waals surface area contributed by atoms with Gasteiger partial charge in [-0.1, -0.05) is 36.4 Å². The molecule has 9 heteroatoms. The van der Waals surface area contributed by atoms with Crippen LogP contribution in [0.4, 0.5) is 11.4 Å². The summed E-state index contributed by atoms with van der Waals surface area (Å²) < 4.78 is 45.4. The summed E-state index contributed by atoms with van der Waals surface area (Å²) in [5.41, 5.74) is 0.811. The van der Waals surface area contributed by atoms with Crippen LogP contribution in [0.3, 0.4) is 0 Å². The summed E-state index contributed by atoms with van der Waals surface area (Å²) >= 11 is 0. The Bertz CT molecular complexity index is 1510. The maximum absolute atomic E-state index is 14.0. The molecule has 0 aliphatic carbocycles. The molecule has 0 radical (unpaired) electrons. The molecular weight excluding hydrogens is 480 g/mol. The van der Waals surface area contributed by atoms with Crippen molar-refractivity contribution in [2.24, 2.45) is 0 Å². The normalized spacial score (nSPS) is 12.4. The summed E-state index contributed by atoms with van der Waals surface area (Å²) in [6.07, 6.45) is 0. The topological polar surface area (TPSA) is 94.2 Å². The molecule has 8 nitrogen and oxygen atoms in total. The number of benzene rings is 4. The van der Waals surface area contributed by atoms with Gasteiger partial charge in [-0.2, -0.15) is 0 Å². The number of rotatable bonds is 8. The van der Waals surface area contributed by atoms with E-state index in [2.05, 4.69) is 5.32 Å². The van der Waals surface area contributed by atoms with Crippen molar-refractivity contribution in [3.05, 3.63) is 84.9 Å². The zero-order valence-corrected chi connectivity index (χ0v) is 20.3. The van der Waals surface area contributed by atoms with Gasteiger partial charge in [-0.05, 0) is 54.8 Å². The first-order valence-electron chi connectivity index (χ1n) is 11.4. The molecule has 1 amide bonds. The average molecular weight is 505 g/mol. The molecule has 5 rings (SSSR count). The van der Waals surface area contributed by atoms with Gasteiger partial charge in [-0.15, -0.1) is 0 Å². The average Bonchev–Trinajstić information content (AvgIpc) is 3.36. The van der Waals surface area contributed by atoms with Crippen LogP contribution in [0.15, 0.2) is 89.8 Å². The molecule has 0 fully saturated rings. The van der Waals surface area contributed by atoms with Crippen molar-refractivity contribution in [3.8, 4) is 17.2 Å². The zero-order chi connectivity index (χ0) is 25.1. The van der Waals surface area contributed by atoms with Crippen LogP contribution in [-0.4, -0.2) is 34.3 Å². The lowest BCUT2D eigenvalue weighted by atomic mass is 10.1. The highest BCUT2D eigenvalue weighted by Gasteiger charge is 2.30. The fraction of sp³-hybridized carbons (Fsp3) is 0.148. The lowest BCUT2D eigenvalue weighted by molar-refractivity contribution is -0.114. The number of amides is 1. The smallest absolute Gasteiger partial charge is 0.265 e. The first kappa shape index (κ1) is 23.5. The zero-order valence-electron chi connectivity index (χ0n) is 19.5. The Morgan fingerprint density at radius 3 is 2.50 bits per heavy atom. The molecule has 0 aromatic heterocycles. The first-order chi connectivity index (χ1) is 17.5. The van der Waals surface area contributed by atoms with Gasteiger partial charge in [-0.25, -0.2) is 8.42 Å². The number of ether oxygens (including phenoxy) is 3. The molecular formula is C27H24N2O6S. The molecule has 0 saturated heterocycles. The molecule has 4 aromatic rings. The van der Waals surface area contributed by atoms with Gasteiger partial charge in [0.25, 0.3) is 10.0 Å². The Kier molecular flexibility index (Phi) is 6.39. The highest BCUT2D eigenvalue weighted by Crippen LogP contribution is 2.37. The predicted molar refractivity (Wildman–Crippen MR) is 137 cm³/mol. The fourth-order valence-corrected chi connectivity index (χ4v) is 5.66. The Balaban J connectivity index is 1.50. The van der Waals surface area contributed by atoms with Gasteiger partial charge in [0, 0.05) is 17.1 Å². The molecule has 0 bridgehead atoms. The summed E-state index contributed by atoms with van der Waals surface area (Å²) in [7, 11) is -4.14. The summed E-state index contributed by atoms with van der Waals surface area (Å²) in [6, 6.07) is 24.0. The SMILES string of the molecule is CCOc1ccc(NC(=O)CN(c2ccc3c(c2)OCO3)S(=O)(=O)c2cccc3ccccc23)cc1. The highest BCUT2D eigenvalue weighted by molar-refractivity contribution is 7.93. The van der Waals surface area contributed by atoms with Gasteiger partial charge in [0.2, 0.25) is 12.7 Å². The van der Waals surface area contributed by atoms with E-state index in [1.54, 1.807) is 66.7 Å². The summed E-state index contributed by atoms with van der Waals surface area (Å²) in [5, 5.41) is 4.12. The van der Waals surface area contributed by atoms with Crippen molar-refractivity contribution in [2.45, 2.75) is 11.8 Å². The van der Waals surface area contributed by atoms with E-state index < -0.39 is 22.5 Å². The number of sulfonamides is 1. The van der Waals surface area contributed by atoms with Gasteiger partial charge >= 0.3 is 0 Å². The van der Waals surface area contributed by atoms with E-state index in [0.29, 0.717) is 34.9 Å². The summed E-state index contributed by atoms with van der Waals surface area (Å²) in [4.78, 5) is 13.2. The van der Waals surface area contributed by atoms with Crippen molar-refractivity contribution < 1.29 is 27.4 Å². The molecule has 184 valence electrons. The Morgan fingerprint density at radius 1 is 0.944 bits per heavy atom. The number of hydrogen-bond donors (Lipinski definition) is 1. The second-order valence-electron chi connectivity index (χ2n) is 8.03. The minimum Gasteiger partial charge on any atom is -0.494 e. The van der Waals surface area contributed by atoms with Crippen molar-refractivity contribution >= 4 is 38.1 Å². The standard InChI is InChI=1S/C27H24N2O6S/c1-2-33-22-13-10-20(11-14-22)28-27(30)17-29(21-12-15-24-25(16-21)35-18-34-24)36(31,32)26-9-5-7-19-6-3-4-8-23(19)26/h3-16H,2,17-18H2,1H3,(H,28,30). The third-order valence-electron chi connectivity index (χ3n) is 5.70. The quantitative estimate of drug-likeness (QED) is 0.370. The first-order valence-corrected chi connectivity index (χ1v) is 12.8. The van der Waals surface area contributed by atoms with Crippen LogP contribution < -0.4 is 23.8 Å². The maximum Gasteiger partial charge on any atom is 0.265 e. The second-order valence-corrected chi connectivity index (χ2v) is 9.86. The van der Waals surface area contributed by atoms with Gasteiger partial charge in [0.15, 0.2) is 11.5 Å². The van der Waals surface area contributed by atoms with Crippen molar-refractivity contribution in [3.63, 3.8) is 0 Å². The molecule has 0 spiro atoms. The van der Waals surface area contributed by atoms with E-state index in [0.717, 1.165) is 9.69 Å². The van der Waals surface area contributed by atoms with Crippen LogP contribution in [0.25, 0.3) is 10.8 Å². The van der Waals surface area contributed by atoms with Gasteiger partial charge < -0.3 is 19.5 Å². The minimum atomic E-state index is -4.14. The summed E-state index contributed by atoms with van der Waals surface area (Å²) in [5.74, 6) is 1.11. The Labute approximate surface area is 209 Å².